The maximum Gasteiger partial charge on any atom is 0.327 e. The van der Waals surface area contributed by atoms with E-state index in [2.05, 4.69) is 20.5 Å². The first kappa shape index (κ1) is 16.9. The third kappa shape index (κ3) is 3.42. The third-order valence-corrected chi connectivity index (χ3v) is 4.16. The number of carboxylic acid groups (broad SMARTS) is 1. The number of halogens is 1. The lowest BCUT2D eigenvalue weighted by Crippen LogP contribution is -2.11. The van der Waals surface area contributed by atoms with Crippen molar-refractivity contribution in [3.8, 4) is 28.3 Å². The number of nitrogens with zero attached hydrogens (tertiary/aromatic N) is 6. The van der Waals surface area contributed by atoms with Gasteiger partial charge in [-0.05, 0) is 23.4 Å². The smallest absolute Gasteiger partial charge is 0.327 e. The molecule has 2 aromatic heterocycles. The fraction of sp³-hybridized carbons (Fsp3) is 0.0556. The van der Waals surface area contributed by atoms with Gasteiger partial charge in [-0.25, -0.2) is 4.68 Å². The highest BCUT2D eigenvalue weighted by Crippen LogP contribution is 2.34. The standard InChI is InChI=1S/C18H13ClN6O2/c19-15-9-5-4-8-13(15)17-14(18-20-23-25(22-18)11-16(26)27)10-24(21-17)12-6-2-1-3-7-12/h1-10H,11H2,(H,26,27). The highest BCUT2D eigenvalue weighted by atomic mass is 35.5. The first-order valence-corrected chi connectivity index (χ1v) is 8.39. The zero-order valence-corrected chi connectivity index (χ0v) is 14.7. The zero-order valence-electron chi connectivity index (χ0n) is 13.9. The summed E-state index contributed by atoms with van der Waals surface area (Å²) < 4.78 is 1.70. The van der Waals surface area contributed by atoms with E-state index < -0.39 is 5.97 Å². The molecule has 0 radical (unpaired) electrons. The lowest BCUT2D eigenvalue weighted by atomic mass is 10.1. The van der Waals surface area contributed by atoms with Crippen LogP contribution in [-0.4, -0.2) is 41.1 Å². The highest BCUT2D eigenvalue weighted by molar-refractivity contribution is 6.33. The van der Waals surface area contributed by atoms with Gasteiger partial charge in [0.05, 0.1) is 16.3 Å². The number of hydrogen-bond donors (Lipinski definition) is 1. The molecule has 9 heteroatoms. The summed E-state index contributed by atoms with van der Waals surface area (Å²) in [5, 5.41) is 26.0. The second-order valence-corrected chi connectivity index (χ2v) is 6.10. The van der Waals surface area contributed by atoms with Gasteiger partial charge in [0.2, 0.25) is 5.82 Å². The molecular weight excluding hydrogens is 368 g/mol. The van der Waals surface area contributed by atoms with Gasteiger partial charge in [-0.1, -0.05) is 48.0 Å². The van der Waals surface area contributed by atoms with Crippen LogP contribution in [0.2, 0.25) is 5.02 Å². The Balaban J connectivity index is 1.86. The van der Waals surface area contributed by atoms with Gasteiger partial charge < -0.3 is 5.11 Å². The molecule has 1 N–H and O–H groups in total. The Morgan fingerprint density at radius 3 is 2.48 bits per heavy atom. The molecule has 2 aromatic carbocycles. The monoisotopic (exact) mass is 380 g/mol. The molecule has 0 aliphatic carbocycles. The van der Waals surface area contributed by atoms with Crippen LogP contribution in [0.25, 0.3) is 28.3 Å². The van der Waals surface area contributed by atoms with Crippen molar-refractivity contribution >= 4 is 17.6 Å². The summed E-state index contributed by atoms with van der Waals surface area (Å²) in [7, 11) is 0. The van der Waals surface area contributed by atoms with Crippen LogP contribution in [0.4, 0.5) is 0 Å². The van der Waals surface area contributed by atoms with Crippen LogP contribution in [0.1, 0.15) is 0 Å². The second kappa shape index (κ2) is 7.00. The van der Waals surface area contributed by atoms with Crippen molar-refractivity contribution in [2.75, 3.05) is 0 Å². The Labute approximate surface area is 158 Å². The molecule has 4 aromatic rings. The molecule has 2 heterocycles. The van der Waals surface area contributed by atoms with Crippen molar-refractivity contribution in [3.63, 3.8) is 0 Å². The van der Waals surface area contributed by atoms with Gasteiger partial charge >= 0.3 is 5.97 Å². The Hall–Kier alpha value is -3.52. The maximum atomic E-state index is 10.9. The fourth-order valence-electron chi connectivity index (χ4n) is 2.64. The largest absolute Gasteiger partial charge is 0.480 e. The minimum Gasteiger partial charge on any atom is -0.480 e. The maximum absolute atomic E-state index is 10.9. The summed E-state index contributed by atoms with van der Waals surface area (Å²) in [6, 6.07) is 16.9. The van der Waals surface area contributed by atoms with E-state index in [-0.39, 0.29) is 12.4 Å². The van der Waals surface area contributed by atoms with Crippen molar-refractivity contribution in [1.82, 2.24) is 30.0 Å². The van der Waals surface area contributed by atoms with Gasteiger partial charge in [-0.2, -0.15) is 9.90 Å². The average Bonchev–Trinajstić information content (AvgIpc) is 3.29. The number of carbonyl (C=O) groups is 1. The SMILES string of the molecule is O=C(O)Cn1nnc(-c2cn(-c3ccccc3)nc2-c2ccccc2Cl)n1. The van der Waals surface area contributed by atoms with Crippen LogP contribution in [0, 0.1) is 0 Å². The van der Waals surface area contributed by atoms with Gasteiger partial charge in [0, 0.05) is 11.8 Å². The van der Waals surface area contributed by atoms with E-state index in [1.54, 1.807) is 16.9 Å². The molecule has 0 amide bonds. The Bertz CT molecular complexity index is 1110. The number of aromatic nitrogens is 6. The van der Waals surface area contributed by atoms with Crippen LogP contribution < -0.4 is 0 Å². The van der Waals surface area contributed by atoms with E-state index in [0.29, 0.717) is 16.3 Å². The normalized spacial score (nSPS) is 10.9. The van der Waals surface area contributed by atoms with E-state index in [1.807, 2.05) is 48.5 Å². The Morgan fingerprint density at radius 1 is 1.00 bits per heavy atom. The van der Waals surface area contributed by atoms with Gasteiger partial charge in [0.15, 0.2) is 6.54 Å². The van der Waals surface area contributed by atoms with Crippen molar-refractivity contribution in [3.05, 3.63) is 65.8 Å². The molecule has 134 valence electrons. The predicted octanol–water partition coefficient (Wildman–Crippen LogP) is 2.93. The van der Waals surface area contributed by atoms with Crippen molar-refractivity contribution in [2.24, 2.45) is 0 Å². The lowest BCUT2D eigenvalue weighted by Gasteiger charge is -2.02. The summed E-state index contributed by atoms with van der Waals surface area (Å²) in [4.78, 5) is 11.9. The third-order valence-electron chi connectivity index (χ3n) is 3.83. The summed E-state index contributed by atoms with van der Waals surface area (Å²) in [6.45, 7) is -0.374. The van der Waals surface area contributed by atoms with E-state index in [0.717, 1.165) is 16.0 Å². The molecule has 8 nitrogen and oxygen atoms in total. The molecule has 0 saturated heterocycles. The lowest BCUT2D eigenvalue weighted by molar-refractivity contribution is -0.138. The number of tetrazole rings is 1. The molecule has 0 fully saturated rings. The number of para-hydroxylation sites is 1. The zero-order chi connectivity index (χ0) is 18.8. The molecule has 4 rings (SSSR count). The van der Waals surface area contributed by atoms with E-state index in [9.17, 15) is 4.79 Å². The molecule has 0 saturated carbocycles. The topological polar surface area (TPSA) is 98.7 Å². The molecule has 0 atom stereocenters. The number of carboxylic acids is 1. The molecule has 0 bridgehead atoms. The molecule has 0 spiro atoms. The average molecular weight is 381 g/mol. The van der Waals surface area contributed by atoms with Crippen LogP contribution in [0.3, 0.4) is 0 Å². The minimum atomic E-state index is -1.05. The van der Waals surface area contributed by atoms with Crippen LogP contribution in [-0.2, 0) is 11.3 Å². The fourth-order valence-corrected chi connectivity index (χ4v) is 2.87. The van der Waals surface area contributed by atoms with Crippen LogP contribution >= 0.6 is 11.6 Å². The van der Waals surface area contributed by atoms with Crippen molar-refractivity contribution in [1.29, 1.82) is 0 Å². The number of benzene rings is 2. The molecule has 0 unspecified atom stereocenters. The number of rotatable bonds is 5. The number of aliphatic carboxylic acids is 1. The number of hydrogen-bond acceptors (Lipinski definition) is 5. The first-order valence-electron chi connectivity index (χ1n) is 8.02. The van der Waals surface area contributed by atoms with Gasteiger partial charge in [0.1, 0.15) is 5.69 Å². The molecule has 27 heavy (non-hydrogen) atoms. The van der Waals surface area contributed by atoms with E-state index in [1.165, 1.54) is 0 Å². The van der Waals surface area contributed by atoms with E-state index >= 15 is 0 Å². The highest BCUT2D eigenvalue weighted by Gasteiger charge is 2.20. The van der Waals surface area contributed by atoms with Gasteiger partial charge in [0.25, 0.3) is 0 Å². The molecule has 0 aliphatic rings. The van der Waals surface area contributed by atoms with Gasteiger partial charge in [-0.15, -0.1) is 10.2 Å². The molecular formula is C18H13ClN6O2. The summed E-state index contributed by atoms with van der Waals surface area (Å²) in [5.41, 5.74) is 2.76. The predicted molar refractivity (Wildman–Crippen MR) is 98.5 cm³/mol. The Morgan fingerprint density at radius 2 is 1.74 bits per heavy atom. The minimum absolute atomic E-state index is 0.272. The van der Waals surface area contributed by atoms with Crippen molar-refractivity contribution in [2.45, 2.75) is 6.54 Å². The van der Waals surface area contributed by atoms with E-state index in [4.69, 9.17) is 16.7 Å². The van der Waals surface area contributed by atoms with Crippen LogP contribution in [0.5, 0.6) is 0 Å². The van der Waals surface area contributed by atoms with Crippen LogP contribution in [0.15, 0.2) is 60.8 Å². The summed E-state index contributed by atoms with van der Waals surface area (Å²) in [6.07, 6.45) is 1.77. The molecule has 0 aliphatic heterocycles. The summed E-state index contributed by atoms with van der Waals surface area (Å²) in [5.74, 6) is -0.779. The quantitative estimate of drug-likeness (QED) is 0.571. The second-order valence-electron chi connectivity index (χ2n) is 5.69. The summed E-state index contributed by atoms with van der Waals surface area (Å²) >= 11 is 6.36. The first-order chi connectivity index (χ1) is 13.1. The van der Waals surface area contributed by atoms with Crippen molar-refractivity contribution < 1.29 is 9.90 Å². The Kier molecular flexibility index (Phi) is 4.39. The van der Waals surface area contributed by atoms with Gasteiger partial charge in [-0.3, -0.25) is 4.79 Å².